The van der Waals surface area contributed by atoms with Gasteiger partial charge < -0.3 is 19.4 Å². The van der Waals surface area contributed by atoms with Crippen LogP contribution in [-0.2, 0) is 21.3 Å². The van der Waals surface area contributed by atoms with Gasteiger partial charge >= 0.3 is 12.1 Å². The predicted octanol–water partition coefficient (Wildman–Crippen LogP) is 2.60. The largest absolute Gasteiger partial charge is 0.466 e. The highest BCUT2D eigenvalue weighted by Crippen LogP contribution is 2.25. The minimum absolute atomic E-state index is 0.0722. The van der Waals surface area contributed by atoms with Crippen molar-refractivity contribution in [3.05, 3.63) is 53.6 Å². The molecule has 172 valence electrons. The molecule has 3 N–H and O–H groups in total. The van der Waals surface area contributed by atoms with E-state index in [4.69, 9.17) is 10.1 Å². The third-order valence-corrected chi connectivity index (χ3v) is 4.91. The highest BCUT2D eigenvalue weighted by atomic mass is 16.5. The van der Waals surface area contributed by atoms with E-state index >= 15 is 0 Å². The van der Waals surface area contributed by atoms with Crippen LogP contribution in [0.15, 0.2) is 42.5 Å². The molecule has 0 saturated heterocycles. The van der Waals surface area contributed by atoms with Gasteiger partial charge in [0.2, 0.25) is 0 Å². The second-order valence-electron chi connectivity index (χ2n) is 7.08. The lowest BCUT2D eigenvalue weighted by atomic mass is 10.1. The maximum absolute atomic E-state index is 12.4. The third kappa shape index (κ3) is 5.53. The van der Waals surface area contributed by atoms with E-state index in [2.05, 4.69) is 20.4 Å². The first-order chi connectivity index (χ1) is 15.8. The van der Waals surface area contributed by atoms with Crippen LogP contribution in [0.2, 0.25) is 0 Å². The lowest BCUT2D eigenvalue weighted by molar-refractivity contribution is -0.142. The van der Waals surface area contributed by atoms with Gasteiger partial charge in [-0.1, -0.05) is 24.3 Å². The normalized spacial score (nSPS) is 10.5. The van der Waals surface area contributed by atoms with Crippen molar-refractivity contribution in [3.63, 3.8) is 0 Å². The topological polar surface area (TPSA) is 135 Å². The minimum Gasteiger partial charge on any atom is -0.466 e. The SMILES string of the molecule is CCOC(=O)CCNC(=O)c1ccc2c(c1)nc(-c1ccc(C(=N)NC(=O)OC)cc1)n2C. The standard InChI is InChI=1S/C23H25N5O5/c1-4-33-19(29)11-12-25-22(30)16-9-10-18-17(13-16)26-21(28(18)2)15-7-5-14(6-8-15)20(24)27-23(31)32-3/h5-10,13H,4,11-12H2,1-3H3,(H,25,30)(H2,24,27,31). The Labute approximate surface area is 190 Å². The molecule has 1 aromatic heterocycles. The van der Waals surface area contributed by atoms with Gasteiger partial charge in [-0.05, 0) is 25.1 Å². The van der Waals surface area contributed by atoms with Gasteiger partial charge in [0.1, 0.15) is 11.7 Å². The first kappa shape index (κ1) is 23.5. The van der Waals surface area contributed by atoms with Crippen LogP contribution in [0, 0.1) is 5.41 Å². The van der Waals surface area contributed by atoms with E-state index in [1.165, 1.54) is 7.11 Å². The second kappa shape index (κ2) is 10.4. The molecule has 0 aliphatic rings. The van der Waals surface area contributed by atoms with Crippen LogP contribution in [-0.4, -0.2) is 53.6 Å². The molecule has 3 aromatic rings. The Bertz CT molecular complexity index is 1200. The van der Waals surface area contributed by atoms with Gasteiger partial charge in [-0.25, -0.2) is 9.78 Å². The number of nitrogens with zero attached hydrogens (tertiary/aromatic N) is 2. The molecular formula is C23H25N5O5. The summed E-state index contributed by atoms with van der Waals surface area (Å²) >= 11 is 0. The molecule has 10 nitrogen and oxygen atoms in total. The quantitative estimate of drug-likeness (QED) is 0.287. The van der Waals surface area contributed by atoms with Gasteiger partial charge in [0.15, 0.2) is 0 Å². The van der Waals surface area contributed by atoms with Gasteiger partial charge in [0.05, 0.1) is 31.2 Å². The number of amides is 2. The Morgan fingerprint density at radius 3 is 2.45 bits per heavy atom. The van der Waals surface area contributed by atoms with Gasteiger partial charge in [-0.15, -0.1) is 0 Å². The van der Waals surface area contributed by atoms with Crippen LogP contribution in [0.5, 0.6) is 0 Å². The molecule has 10 heteroatoms. The summed E-state index contributed by atoms with van der Waals surface area (Å²) in [6.07, 6.45) is -0.599. The summed E-state index contributed by atoms with van der Waals surface area (Å²) in [6.45, 7) is 2.23. The fourth-order valence-electron chi connectivity index (χ4n) is 3.22. The third-order valence-electron chi connectivity index (χ3n) is 4.91. The van der Waals surface area contributed by atoms with Crippen molar-refractivity contribution in [2.75, 3.05) is 20.3 Å². The summed E-state index contributed by atoms with van der Waals surface area (Å²) < 4.78 is 11.3. The molecule has 0 atom stereocenters. The highest BCUT2D eigenvalue weighted by Gasteiger charge is 2.14. The van der Waals surface area contributed by atoms with Crippen LogP contribution in [0.25, 0.3) is 22.4 Å². The lowest BCUT2D eigenvalue weighted by Crippen LogP contribution is -2.30. The number of alkyl carbamates (subject to hydrolysis) is 1. The van der Waals surface area contributed by atoms with Crippen LogP contribution in [0.1, 0.15) is 29.3 Å². The number of benzene rings is 2. The summed E-state index contributed by atoms with van der Waals surface area (Å²) in [7, 11) is 3.11. The molecule has 0 bridgehead atoms. The van der Waals surface area contributed by atoms with Crippen molar-refractivity contribution >= 4 is 34.8 Å². The van der Waals surface area contributed by atoms with Crippen LogP contribution in [0.4, 0.5) is 4.79 Å². The van der Waals surface area contributed by atoms with Crippen molar-refractivity contribution in [3.8, 4) is 11.4 Å². The van der Waals surface area contributed by atoms with Gasteiger partial charge in [-0.3, -0.25) is 20.3 Å². The zero-order valence-electron chi connectivity index (χ0n) is 18.6. The van der Waals surface area contributed by atoms with E-state index in [0.29, 0.717) is 29.1 Å². The van der Waals surface area contributed by atoms with Gasteiger partial charge in [-0.2, -0.15) is 0 Å². The molecule has 0 fully saturated rings. The van der Waals surface area contributed by atoms with E-state index in [9.17, 15) is 14.4 Å². The number of carbonyl (C=O) groups is 3. The lowest BCUT2D eigenvalue weighted by Gasteiger charge is -2.07. The summed E-state index contributed by atoms with van der Waals surface area (Å²) in [5.74, 6) is -0.0416. The molecule has 0 unspecified atom stereocenters. The first-order valence-electron chi connectivity index (χ1n) is 10.3. The molecule has 0 aliphatic carbocycles. The Morgan fingerprint density at radius 1 is 1.09 bits per heavy atom. The van der Waals surface area contributed by atoms with Crippen molar-refractivity contribution in [2.24, 2.45) is 7.05 Å². The van der Waals surface area contributed by atoms with Crippen molar-refractivity contribution in [1.29, 1.82) is 5.41 Å². The summed E-state index contributed by atoms with van der Waals surface area (Å²) in [5, 5.41) is 13.0. The molecule has 2 aromatic carbocycles. The number of esters is 1. The number of amidine groups is 1. The number of imidazole rings is 1. The average molecular weight is 451 g/mol. The molecule has 2 amide bonds. The number of aromatic nitrogens is 2. The van der Waals surface area contributed by atoms with Crippen LogP contribution >= 0.6 is 0 Å². The molecule has 3 rings (SSSR count). The monoisotopic (exact) mass is 451 g/mol. The molecule has 0 spiro atoms. The Balaban J connectivity index is 1.75. The fraction of sp³-hybridized carbons (Fsp3) is 0.261. The minimum atomic E-state index is -0.708. The van der Waals surface area contributed by atoms with E-state index in [-0.39, 0.29) is 30.7 Å². The van der Waals surface area contributed by atoms with Crippen molar-refractivity contribution in [2.45, 2.75) is 13.3 Å². The summed E-state index contributed by atoms with van der Waals surface area (Å²) in [6, 6.07) is 12.2. The fourth-order valence-corrected chi connectivity index (χ4v) is 3.22. The maximum atomic E-state index is 12.4. The molecule has 0 radical (unpaired) electrons. The molecule has 0 aliphatic heterocycles. The van der Waals surface area contributed by atoms with Gasteiger partial charge in [0, 0.05) is 30.3 Å². The number of hydrogen-bond acceptors (Lipinski definition) is 7. The number of aryl methyl sites for hydroxylation is 1. The van der Waals surface area contributed by atoms with E-state index < -0.39 is 6.09 Å². The van der Waals surface area contributed by atoms with Crippen LogP contribution < -0.4 is 10.6 Å². The number of rotatable bonds is 7. The highest BCUT2D eigenvalue weighted by molar-refractivity contribution is 6.04. The van der Waals surface area contributed by atoms with Crippen LogP contribution in [0.3, 0.4) is 0 Å². The van der Waals surface area contributed by atoms with E-state index in [1.54, 1.807) is 43.3 Å². The molecule has 1 heterocycles. The average Bonchev–Trinajstić information content (AvgIpc) is 3.14. The molecule has 0 saturated carbocycles. The Kier molecular flexibility index (Phi) is 7.39. The number of nitrogens with one attached hydrogen (secondary N) is 3. The maximum Gasteiger partial charge on any atom is 0.412 e. The smallest absolute Gasteiger partial charge is 0.412 e. The number of ether oxygens (including phenoxy) is 2. The second-order valence-corrected chi connectivity index (χ2v) is 7.08. The predicted molar refractivity (Wildman–Crippen MR) is 122 cm³/mol. The number of fused-ring (bicyclic) bond motifs is 1. The molecule has 33 heavy (non-hydrogen) atoms. The Hall–Kier alpha value is -4.21. The number of hydrogen-bond donors (Lipinski definition) is 3. The number of carbonyl (C=O) groups excluding carboxylic acids is 3. The summed E-state index contributed by atoms with van der Waals surface area (Å²) in [4.78, 5) is 39.8. The zero-order chi connectivity index (χ0) is 24.0. The molecular weight excluding hydrogens is 426 g/mol. The summed E-state index contributed by atoms with van der Waals surface area (Å²) in [5.41, 5.74) is 3.26. The van der Waals surface area contributed by atoms with E-state index in [0.717, 1.165) is 11.1 Å². The van der Waals surface area contributed by atoms with Crippen molar-refractivity contribution < 1.29 is 23.9 Å². The number of methoxy groups -OCH3 is 1. The Morgan fingerprint density at radius 2 is 1.79 bits per heavy atom. The van der Waals surface area contributed by atoms with Gasteiger partial charge in [0.25, 0.3) is 5.91 Å². The first-order valence-corrected chi connectivity index (χ1v) is 10.3. The zero-order valence-corrected chi connectivity index (χ0v) is 18.6. The van der Waals surface area contributed by atoms with E-state index in [1.807, 2.05) is 17.7 Å². The van der Waals surface area contributed by atoms with Crippen molar-refractivity contribution in [1.82, 2.24) is 20.2 Å².